The van der Waals surface area contributed by atoms with E-state index in [-0.39, 0.29) is 11.9 Å². The summed E-state index contributed by atoms with van der Waals surface area (Å²) < 4.78 is 39.0. The van der Waals surface area contributed by atoms with E-state index in [0.29, 0.717) is 6.54 Å². The lowest BCUT2D eigenvalue weighted by atomic mass is 9.94. The van der Waals surface area contributed by atoms with Crippen LogP contribution in [0.4, 0.5) is 13.2 Å². The van der Waals surface area contributed by atoms with Gasteiger partial charge in [0.1, 0.15) is 5.82 Å². The van der Waals surface area contributed by atoms with Crippen molar-refractivity contribution in [2.75, 3.05) is 6.54 Å². The number of carbonyl (C=O) groups excluding carboxylic acids is 1. The second-order valence-corrected chi connectivity index (χ2v) is 5.40. The van der Waals surface area contributed by atoms with Crippen molar-refractivity contribution in [1.29, 1.82) is 0 Å². The van der Waals surface area contributed by atoms with Gasteiger partial charge in [-0.3, -0.25) is 4.79 Å². The van der Waals surface area contributed by atoms with Crippen molar-refractivity contribution in [2.45, 2.75) is 44.6 Å². The van der Waals surface area contributed by atoms with Gasteiger partial charge >= 0.3 is 0 Å². The number of benzene rings is 1. The highest BCUT2D eigenvalue weighted by Crippen LogP contribution is 2.32. The molecule has 0 spiro atoms. The summed E-state index contributed by atoms with van der Waals surface area (Å²) in [5, 5.41) is 0. The molecule has 0 aromatic heterocycles. The Morgan fingerprint density at radius 3 is 2.55 bits per heavy atom. The number of likely N-dealkylation sites (tertiary alicyclic amines) is 1. The number of hydrogen-bond acceptors (Lipinski definition) is 1. The molecule has 1 aliphatic heterocycles. The molecule has 0 radical (unpaired) electrons. The van der Waals surface area contributed by atoms with Gasteiger partial charge in [0.05, 0.1) is 12.5 Å². The molecule has 2 rings (SSSR count). The molecule has 2 nitrogen and oxygen atoms in total. The van der Waals surface area contributed by atoms with Crippen molar-refractivity contribution >= 4 is 5.91 Å². The summed E-state index contributed by atoms with van der Waals surface area (Å²) in [7, 11) is 0. The third-order valence-corrected chi connectivity index (χ3v) is 3.54. The number of piperidine rings is 1. The lowest BCUT2D eigenvalue weighted by Gasteiger charge is -2.36. The molecule has 1 atom stereocenters. The molecule has 0 N–H and O–H groups in total. The van der Waals surface area contributed by atoms with Gasteiger partial charge in [-0.2, -0.15) is 0 Å². The number of nitrogens with zero attached hydrogens (tertiary/aromatic N) is 1. The smallest absolute Gasteiger partial charge is 0.254 e. The average molecular weight is 285 g/mol. The van der Waals surface area contributed by atoms with Gasteiger partial charge in [0.15, 0.2) is 0 Å². The van der Waals surface area contributed by atoms with Crippen molar-refractivity contribution in [3.8, 4) is 0 Å². The zero-order valence-electron chi connectivity index (χ0n) is 11.4. The molecule has 1 aromatic carbocycles. The summed E-state index contributed by atoms with van der Waals surface area (Å²) >= 11 is 0. The maximum Gasteiger partial charge on any atom is 0.254 e. The largest absolute Gasteiger partial charge is 0.335 e. The van der Waals surface area contributed by atoms with Crippen LogP contribution in [0.25, 0.3) is 0 Å². The molecule has 1 amide bonds. The molecule has 0 bridgehead atoms. The van der Waals surface area contributed by atoms with Gasteiger partial charge in [-0.05, 0) is 43.9 Å². The van der Waals surface area contributed by atoms with Crippen LogP contribution in [0.5, 0.6) is 0 Å². The number of hydrogen-bond donors (Lipinski definition) is 0. The van der Waals surface area contributed by atoms with Crippen LogP contribution in [-0.4, -0.2) is 23.3 Å². The number of halogens is 3. The van der Waals surface area contributed by atoms with Crippen LogP contribution in [0.1, 0.15) is 44.2 Å². The van der Waals surface area contributed by atoms with Gasteiger partial charge in [-0.15, -0.1) is 0 Å². The minimum atomic E-state index is -3.00. The van der Waals surface area contributed by atoms with E-state index in [1.54, 1.807) is 12.1 Å². The summed E-state index contributed by atoms with van der Waals surface area (Å²) in [6.07, 6.45) is 1.71. The summed E-state index contributed by atoms with van der Waals surface area (Å²) in [5.41, 5.74) is 0.805. The van der Waals surface area contributed by atoms with Crippen molar-refractivity contribution in [1.82, 2.24) is 4.90 Å². The molecule has 0 unspecified atom stereocenters. The molecule has 20 heavy (non-hydrogen) atoms. The number of carbonyl (C=O) groups is 1. The Morgan fingerprint density at radius 2 is 1.95 bits per heavy atom. The van der Waals surface area contributed by atoms with Gasteiger partial charge in [0.25, 0.3) is 5.92 Å². The Morgan fingerprint density at radius 1 is 1.30 bits per heavy atom. The van der Waals surface area contributed by atoms with Crippen LogP contribution in [0, 0.1) is 5.82 Å². The van der Waals surface area contributed by atoms with Crippen molar-refractivity contribution in [2.24, 2.45) is 0 Å². The lowest BCUT2D eigenvalue weighted by Crippen LogP contribution is -2.40. The highest BCUT2D eigenvalue weighted by atomic mass is 19.3. The Hall–Kier alpha value is -1.52. The minimum absolute atomic E-state index is 0.223. The molecule has 1 aliphatic rings. The third-order valence-electron chi connectivity index (χ3n) is 3.54. The first-order chi connectivity index (χ1) is 9.37. The molecule has 1 aromatic rings. The fraction of sp³-hybridized carbons (Fsp3) is 0.533. The standard InChI is InChI=1S/C15H18F3NO/c1-15(17,18)10-14(20)19-9-3-2-4-13(19)11-5-7-12(16)8-6-11/h5-8,13H,2-4,9-10H2,1H3/t13-/m1/s1. The predicted molar refractivity (Wildman–Crippen MR) is 69.9 cm³/mol. The van der Waals surface area contributed by atoms with E-state index in [9.17, 15) is 18.0 Å². The van der Waals surface area contributed by atoms with E-state index in [0.717, 1.165) is 31.7 Å². The highest BCUT2D eigenvalue weighted by molar-refractivity contribution is 5.77. The highest BCUT2D eigenvalue weighted by Gasteiger charge is 2.33. The maximum absolute atomic E-state index is 13.0. The second-order valence-electron chi connectivity index (χ2n) is 5.40. The molecule has 110 valence electrons. The second kappa shape index (κ2) is 5.85. The van der Waals surface area contributed by atoms with E-state index in [1.807, 2.05) is 0 Å². The number of rotatable bonds is 3. The maximum atomic E-state index is 13.0. The van der Waals surface area contributed by atoms with Crippen LogP contribution in [-0.2, 0) is 4.79 Å². The zero-order chi connectivity index (χ0) is 14.8. The number of amides is 1. The average Bonchev–Trinajstić information content (AvgIpc) is 2.38. The van der Waals surface area contributed by atoms with E-state index in [2.05, 4.69) is 0 Å². The molecule has 1 heterocycles. The third kappa shape index (κ3) is 3.74. The minimum Gasteiger partial charge on any atom is -0.335 e. The van der Waals surface area contributed by atoms with Crippen LogP contribution >= 0.6 is 0 Å². The monoisotopic (exact) mass is 285 g/mol. The van der Waals surface area contributed by atoms with Gasteiger partial charge in [-0.1, -0.05) is 12.1 Å². The van der Waals surface area contributed by atoms with Crippen molar-refractivity contribution < 1.29 is 18.0 Å². The first-order valence-electron chi connectivity index (χ1n) is 6.79. The van der Waals surface area contributed by atoms with Gasteiger partial charge in [0, 0.05) is 6.54 Å². The van der Waals surface area contributed by atoms with Crippen LogP contribution in [0.2, 0.25) is 0 Å². The fourth-order valence-corrected chi connectivity index (χ4v) is 2.63. The predicted octanol–water partition coefficient (Wildman–Crippen LogP) is 3.92. The lowest BCUT2D eigenvalue weighted by molar-refractivity contribution is -0.141. The Balaban J connectivity index is 2.16. The first-order valence-corrected chi connectivity index (χ1v) is 6.79. The number of alkyl halides is 2. The van der Waals surface area contributed by atoms with Gasteiger partial charge < -0.3 is 4.90 Å². The fourth-order valence-electron chi connectivity index (χ4n) is 2.63. The van der Waals surface area contributed by atoms with Gasteiger partial charge in [0.2, 0.25) is 5.91 Å². The van der Waals surface area contributed by atoms with E-state index >= 15 is 0 Å². The van der Waals surface area contributed by atoms with Crippen LogP contribution < -0.4 is 0 Å². The Kier molecular flexibility index (Phi) is 4.35. The van der Waals surface area contributed by atoms with E-state index in [1.165, 1.54) is 17.0 Å². The zero-order valence-corrected chi connectivity index (χ0v) is 11.4. The SMILES string of the molecule is CC(F)(F)CC(=O)N1CCCC[C@@H]1c1ccc(F)cc1. The molecule has 1 saturated heterocycles. The molecular weight excluding hydrogens is 267 g/mol. The van der Waals surface area contributed by atoms with Crippen molar-refractivity contribution in [3.05, 3.63) is 35.6 Å². The summed E-state index contributed by atoms with van der Waals surface area (Å²) in [6.45, 7) is 1.23. The van der Waals surface area contributed by atoms with Crippen molar-refractivity contribution in [3.63, 3.8) is 0 Å². The quantitative estimate of drug-likeness (QED) is 0.824. The van der Waals surface area contributed by atoms with E-state index in [4.69, 9.17) is 0 Å². The van der Waals surface area contributed by atoms with Gasteiger partial charge in [-0.25, -0.2) is 13.2 Å². The molecule has 1 fully saturated rings. The summed E-state index contributed by atoms with van der Waals surface area (Å²) in [4.78, 5) is 13.5. The Labute approximate surface area is 116 Å². The first kappa shape index (κ1) is 14.9. The summed E-state index contributed by atoms with van der Waals surface area (Å²) in [5.74, 6) is -3.88. The molecule has 0 saturated carbocycles. The van der Waals surface area contributed by atoms with Crippen LogP contribution in [0.3, 0.4) is 0 Å². The Bertz CT molecular complexity index is 467. The molecule has 5 heteroatoms. The molecule has 0 aliphatic carbocycles. The van der Waals surface area contributed by atoms with E-state index < -0.39 is 18.3 Å². The normalized spacial score (nSPS) is 20.0. The topological polar surface area (TPSA) is 20.3 Å². The summed E-state index contributed by atoms with van der Waals surface area (Å²) in [6, 6.07) is 5.69. The molecular formula is C15H18F3NO. The van der Waals surface area contributed by atoms with Crippen LogP contribution in [0.15, 0.2) is 24.3 Å².